The zero-order valence-electron chi connectivity index (χ0n) is 15.7. The van der Waals surface area contributed by atoms with Crippen LogP contribution < -0.4 is 10.6 Å². The number of hydrogen-bond donors (Lipinski definition) is 2. The SMILES string of the molecule is CC1(C(=O)NCc2ccccc2)CCCN(C(=O)Nc2ccc(Br)cc2F)C1. The quantitative estimate of drug-likeness (QED) is 0.722. The third-order valence-corrected chi connectivity index (χ3v) is 5.49. The van der Waals surface area contributed by atoms with Gasteiger partial charge in [0.2, 0.25) is 5.91 Å². The first kappa shape index (κ1) is 20.3. The number of urea groups is 1. The summed E-state index contributed by atoms with van der Waals surface area (Å²) in [7, 11) is 0. The number of amides is 3. The van der Waals surface area contributed by atoms with Crippen LogP contribution in [0.25, 0.3) is 0 Å². The van der Waals surface area contributed by atoms with Crippen LogP contribution in [-0.4, -0.2) is 29.9 Å². The summed E-state index contributed by atoms with van der Waals surface area (Å²) in [6, 6.07) is 13.8. The fraction of sp³-hybridized carbons (Fsp3) is 0.333. The molecule has 1 aliphatic rings. The fourth-order valence-electron chi connectivity index (χ4n) is 3.37. The number of carbonyl (C=O) groups excluding carboxylic acids is 2. The Balaban J connectivity index is 1.61. The summed E-state index contributed by atoms with van der Waals surface area (Å²) < 4.78 is 14.6. The summed E-state index contributed by atoms with van der Waals surface area (Å²) in [5.74, 6) is -0.591. The summed E-state index contributed by atoms with van der Waals surface area (Å²) in [5.41, 5.74) is 0.465. The minimum absolute atomic E-state index is 0.0799. The first-order valence-electron chi connectivity index (χ1n) is 9.21. The molecule has 0 aromatic heterocycles. The van der Waals surface area contributed by atoms with Crippen molar-refractivity contribution in [3.05, 3.63) is 64.4 Å². The van der Waals surface area contributed by atoms with E-state index in [2.05, 4.69) is 26.6 Å². The van der Waals surface area contributed by atoms with Crippen molar-refractivity contribution in [2.24, 2.45) is 5.41 Å². The third kappa shape index (κ3) is 4.90. The van der Waals surface area contributed by atoms with E-state index < -0.39 is 17.3 Å². The molecule has 2 aromatic carbocycles. The van der Waals surface area contributed by atoms with Gasteiger partial charge in [0.25, 0.3) is 0 Å². The highest BCUT2D eigenvalue weighted by Gasteiger charge is 2.39. The maximum atomic E-state index is 14.0. The lowest BCUT2D eigenvalue weighted by Gasteiger charge is -2.39. The number of nitrogens with one attached hydrogen (secondary N) is 2. The van der Waals surface area contributed by atoms with Gasteiger partial charge in [-0.3, -0.25) is 4.79 Å². The molecule has 1 atom stereocenters. The van der Waals surface area contributed by atoms with Gasteiger partial charge in [-0.1, -0.05) is 46.3 Å². The number of rotatable bonds is 4. The van der Waals surface area contributed by atoms with E-state index >= 15 is 0 Å². The smallest absolute Gasteiger partial charge is 0.321 e. The van der Waals surface area contributed by atoms with E-state index in [-0.39, 0.29) is 18.1 Å². The zero-order valence-corrected chi connectivity index (χ0v) is 17.3. The zero-order chi connectivity index (χ0) is 20.1. The van der Waals surface area contributed by atoms with Crippen LogP contribution in [0.4, 0.5) is 14.9 Å². The standard InChI is InChI=1S/C21H23BrFN3O2/c1-21(19(27)24-13-15-6-3-2-4-7-15)10-5-11-26(14-21)20(28)25-18-9-8-16(22)12-17(18)23/h2-4,6-9,12H,5,10-11,13-14H2,1H3,(H,24,27)(H,25,28). The molecule has 0 spiro atoms. The van der Waals surface area contributed by atoms with Crippen LogP contribution in [0.5, 0.6) is 0 Å². The van der Waals surface area contributed by atoms with Crippen molar-refractivity contribution in [2.45, 2.75) is 26.3 Å². The predicted molar refractivity (Wildman–Crippen MR) is 110 cm³/mol. The van der Waals surface area contributed by atoms with Crippen LogP contribution in [0.3, 0.4) is 0 Å². The molecule has 28 heavy (non-hydrogen) atoms. The molecule has 0 radical (unpaired) electrons. The Kier molecular flexibility index (Phi) is 6.34. The van der Waals surface area contributed by atoms with Gasteiger partial charge in [0.1, 0.15) is 5.82 Å². The summed E-state index contributed by atoms with van der Waals surface area (Å²) in [5, 5.41) is 5.57. The Labute approximate surface area is 172 Å². The van der Waals surface area contributed by atoms with Crippen LogP contribution in [0.1, 0.15) is 25.3 Å². The number of likely N-dealkylation sites (tertiary alicyclic amines) is 1. The summed E-state index contributed by atoms with van der Waals surface area (Å²) >= 11 is 3.19. The molecule has 3 amide bonds. The van der Waals surface area contributed by atoms with E-state index in [1.165, 1.54) is 12.1 Å². The Morgan fingerprint density at radius 3 is 2.68 bits per heavy atom. The summed E-state index contributed by atoms with van der Waals surface area (Å²) in [6.07, 6.45) is 1.41. The lowest BCUT2D eigenvalue weighted by atomic mass is 9.81. The van der Waals surface area contributed by atoms with Gasteiger partial charge in [-0.25, -0.2) is 9.18 Å². The topological polar surface area (TPSA) is 61.4 Å². The summed E-state index contributed by atoms with van der Waals surface area (Å²) in [4.78, 5) is 27.0. The Hall–Kier alpha value is -2.41. The van der Waals surface area contributed by atoms with Crippen molar-refractivity contribution < 1.29 is 14.0 Å². The fourth-order valence-corrected chi connectivity index (χ4v) is 3.71. The molecule has 5 nitrogen and oxygen atoms in total. The average Bonchev–Trinajstić information content (AvgIpc) is 2.69. The van der Waals surface area contributed by atoms with Gasteiger partial charge in [0.05, 0.1) is 11.1 Å². The van der Waals surface area contributed by atoms with Gasteiger partial charge in [0, 0.05) is 24.1 Å². The van der Waals surface area contributed by atoms with Gasteiger partial charge >= 0.3 is 6.03 Å². The number of piperidine rings is 1. The van der Waals surface area contributed by atoms with Crippen molar-refractivity contribution in [1.82, 2.24) is 10.2 Å². The van der Waals surface area contributed by atoms with Crippen molar-refractivity contribution in [2.75, 3.05) is 18.4 Å². The second-order valence-corrected chi connectivity index (χ2v) is 8.22. The van der Waals surface area contributed by atoms with Gasteiger partial charge in [-0.15, -0.1) is 0 Å². The van der Waals surface area contributed by atoms with Gasteiger partial charge in [-0.05, 0) is 43.5 Å². The molecule has 1 saturated heterocycles. The van der Waals surface area contributed by atoms with Crippen LogP contribution in [0, 0.1) is 11.2 Å². The molecule has 148 valence electrons. The maximum absolute atomic E-state index is 14.0. The lowest BCUT2D eigenvalue weighted by molar-refractivity contribution is -0.132. The van der Waals surface area contributed by atoms with Gasteiger partial charge in [0.15, 0.2) is 0 Å². The highest BCUT2D eigenvalue weighted by Crippen LogP contribution is 2.30. The molecule has 0 bridgehead atoms. The molecule has 1 fully saturated rings. The van der Waals surface area contributed by atoms with Crippen molar-refractivity contribution >= 4 is 33.6 Å². The molecule has 1 aliphatic heterocycles. The largest absolute Gasteiger partial charge is 0.351 e. The lowest BCUT2D eigenvalue weighted by Crippen LogP contribution is -2.52. The van der Waals surface area contributed by atoms with Crippen molar-refractivity contribution in [3.8, 4) is 0 Å². The van der Waals surface area contributed by atoms with Crippen LogP contribution >= 0.6 is 15.9 Å². The van der Waals surface area contributed by atoms with E-state index in [4.69, 9.17) is 0 Å². The van der Waals surface area contributed by atoms with Crippen molar-refractivity contribution in [1.29, 1.82) is 0 Å². The highest BCUT2D eigenvalue weighted by molar-refractivity contribution is 9.10. The molecular formula is C21H23BrFN3O2. The van der Waals surface area contributed by atoms with Crippen LogP contribution in [0.2, 0.25) is 0 Å². The second-order valence-electron chi connectivity index (χ2n) is 7.31. The maximum Gasteiger partial charge on any atom is 0.321 e. The monoisotopic (exact) mass is 447 g/mol. The minimum Gasteiger partial charge on any atom is -0.351 e. The molecule has 0 saturated carbocycles. The third-order valence-electron chi connectivity index (χ3n) is 5.00. The van der Waals surface area contributed by atoms with Crippen LogP contribution in [0.15, 0.2) is 53.0 Å². The van der Waals surface area contributed by atoms with E-state index in [0.29, 0.717) is 30.4 Å². The predicted octanol–water partition coefficient (Wildman–Crippen LogP) is 4.54. The Bertz CT molecular complexity index is 862. The van der Waals surface area contributed by atoms with Crippen LogP contribution in [-0.2, 0) is 11.3 Å². The number of benzene rings is 2. The summed E-state index contributed by atoms with van der Waals surface area (Å²) in [6.45, 7) is 3.14. The van der Waals surface area contributed by atoms with Crippen molar-refractivity contribution in [3.63, 3.8) is 0 Å². The van der Waals surface area contributed by atoms with E-state index in [9.17, 15) is 14.0 Å². The number of hydrogen-bond acceptors (Lipinski definition) is 2. The van der Waals surface area contributed by atoms with E-state index in [0.717, 1.165) is 5.56 Å². The normalized spacial score (nSPS) is 19.2. The molecule has 2 N–H and O–H groups in total. The number of halogens is 2. The number of carbonyl (C=O) groups is 2. The number of anilines is 1. The van der Waals surface area contributed by atoms with E-state index in [1.54, 1.807) is 11.0 Å². The van der Waals surface area contributed by atoms with Gasteiger partial charge in [-0.2, -0.15) is 0 Å². The Morgan fingerprint density at radius 1 is 1.21 bits per heavy atom. The molecule has 7 heteroatoms. The first-order valence-corrected chi connectivity index (χ1v) is 10.00. The molecule has 1 heterocycles. The molecule has 3 rings (SSSR count). The highest BCUT2D eigenvalue weighted by atomic mass is 79.9. The molecule has 2 aromatic rings. The second kappa shape index (κ2) is 8.73. The Morgan fingerprint density at radius 2 is 1.96 bits per heavy atom. The molecule has 1 unspecified atom stereocenters. The van der Waals surface area contributed by atoms with E-state index in [1.807, 2.05) is 37.3 Å². The molecule has 0 aliphatic carbocycles. The minimum atomic E-state index is -0.678. The average molecular weight is 448 g/mol. The first-order chi connectivity index (χ1) is 13.4. The number of nitrogens with zero attached hydrogens (tertiary/aromatic N) is 1. The van der Waals surface area contributed by atoms with Gasteiger partial charge < -0.3 is 15.5 Å². The molecular weight excluding hydrogens is 425 g/mol.